The van der Waals surface area contributed by atoms with Gasteiger partial charge in [-0.2, -0.15) is 0 Å². The molecule has 4 rings (SSSR count). The summed E-state index contributed by atoms with van der Waals surface area (Å²) in [6, 6.07) is 13.3. The number of aromatic amines is 1. The van der Waals surface area contributed by atoms with E-state index in [1.54, 1.807) is 6.07 Å². The molecule has 2 amide bonds. The number of carbonyl (C=O) groups excluding carboxylic acids is 2. The Morgan fingerprint density at radius 1 is 1.17 bits per heavy atom. The lowest BCUT2D eigenvalue weighted by Gasteiger charge is -2.10. The maximum atomic E-state index is 12.4. The number of H-pyrrole nitrogens is 1. The third kappa shape index (κ3) is 5.04. The standard InChI is InChI=1S/C23H26N4O3/c1-15(28)25-18-8-4-16(5-9-18)6-11-22-26-20-10-7-17(13-21(20)27-22)23(29)24-14-19-3-2-12-30-19/h4-5,7-10,13,19H,2-3,6,11-12,14H2,1H3,(H,24,29)(H,25,28)(H,26,27)/t19-/m1/s1. The molecule has 7 nitrogen and oxygen atoms in total. The van der Waals surface area contributed by atoms with E-state index in [2.05, 4.69) is 20.6 Å². The van der Waals surface area contributed by atoms with Crippen molar-refractivity contribution in [3.8, 4) is 0 Å². The summed E-state index contributed by atoms with van der Waals surface area (Å²) in [5.41, 5.74) is 4.28. The fraction of sp³-hybridized carbons (Fsp3) is 0.348. The molecule has 7 heteroatoms. The SMILES string of the molecule is CC(=O)Nc1ccc(CCc2nc3ccc(C(=O)NC[C@H]4CCCO4)cc3[nH]2)cc1. The lowest BCUT2D eigenvalue weighted by molar-refractivity contribution is -0.114. The van der Waals surface area contributed by atoms with Crippen molar-refractivity contribution in [3.05, 3.63) is 59.4 Å². The maximum absolute atomic E-state index is 12.4. The van der Waals surface area contributed by atoms with E-state index in [4.69, 9.17) is 4.74 Å². The molecule has 0 aliphatic carbocycles. The van der Waals surface area contributed by atoms with Gasteiger partial charge in [0.2, 0.25) is 5.91 Å². The fourth-order valence-corrected chi connectivity index (χ4v) is 3.66. The normalized spacial score (nSPS) is 16.0. The third-order valence-corrected chi connectivity index (χ3v) is 5.23. The van der Waals surface area contributed by atoms with Gasteiger partial charge in [-0.15, -0.1) is 0 Å². The van der Waals surface area contributed by atoms with Gasteiger partial charge < -0.3 is 20.4 Å². The number of nitrogens with one attached hydrogen (secondary N) is 3. The number of ether oxygens (including phenoxy) is 1. The van der Waals surface area contributed by atoms with Crippen molar-refractivity contribution in [3.63, 3.8) is 0 Å². The Bertz CT molecular complexity index is 1040. The zero-order valence-corrected chi connectivity index (χ0v) is 17.0. The molecule has 2 aromatic carbocycles. The number of rotatable bonds is 7. The second-order valence-electron chi connectivity index (χ2n) is 7.64. The first-order chi connectivity index (χ1) is 14.6. The van der Waals surface area contributed by atoms with Gasteiger partial charge in [-0.05, 0) is 55.2 Å². The summed E-state index contributed by atoms with van der Waals surface area (Å²) >= 11 is 0. The number of hydrogen-bond acceptors (Lipinski definition) is 4. The maximum Gasteiger partial charge on any atom is 0.251 e. The first-order valence-corrected chi connectivity index (χ1v) is 10.3. The number of aromatic nitrogens is 2. The van der Waals surface area contributed by atoms with E-state index in [1.165, 1.54) is 12.5 Å². The molecule has 2 heterocycles. The molecular weight excluding hydrogens is 380 g/mol. The lowest BCUT2D eigenvalue weighted by Crippen LogP contribution is -2.31. The molecule has 1 aromatic heterocycles. The molecule has 0 unspecified atom stereocenters. The highest BCUT2D eigenvalue weighted by atomic mass is 16.5. The minimum Gasteiger partial charge on any atom is -0.376 e. The third-order valence-electron chi connectivity index (χ3n) is 5.23. The van der Waals surface area contributed by atoms with E-state index in [0.717, 1.165) is 54.8 Å². The monoisotopic (exact) mass is 406 g/mol. The van der Waals surface area contributed by atoms with Crippen LogP contribution in [0.2, 0.25) is 0 Å². The highest BCUT2D eigenvalue weighted by molar-refractivity contribution is 5.97. The zero-order valence-electron chi connectivity index (χ0n) is 17.0. The van der Waals surface area contributed by atoms with Gasteiger partial charge in [0.25, 0.3) is 5.91 Å². The Morgan fingerprint density at radius 3 is 2.73 bits per heavy atom. The molecule has 3 aromatic rings. The van der Waals surface area contributed by atoms with Crippen molar-refractivity contribution in [2.45, 2.75) is 38.7 Å². The molecule has 0 spiro atoms. The minimum atomic E-state index is -0.0946. The van der Waals surface area contributed by atoms with Gasteiger partial charge in [-0.25, -0.2) is 4.98 Å². The molecule has 1 atom stereocenters. The van der Waals surface area contributed by atoms with Crippen molar-refractivity contribution in [1.82, 2.24) is 15.3 Å². The largest absolute Gasteiger partial charge is 0.376 e. The van der Waals surface area contributed by atoms with Crippen LogP contribution < -0.4 is 10.6 Å². The fourth-order valence-electron chi connectivity index (χ4n) is 3.66. The summed E-state index contributed by atoms with van der Waals surface area (Å²) in [5, 5.41) is 5.72. The first-order valence-electron chi connectivity index (χ1n) is 10.3. The summed E-state index contributed by atoms with van der Waals surface area (Å²) in [7, 11) is 0. The average molecular weight is 406 g/mol. The number of carbonyl (C=O) groups is 2. The van der Waals surface area contributed by atoms with E-state index >= 15 is 0 Å². The number of hydrogen-bond donors (Lipinski definition) is 3. The van der Waals surface area contributed by atoms with Crippen molar-refractivity contribution < 1.29 is 14.3 Å². The van der Waals surface area contributed by atoms with Crippen molar-refractivity contribution >= 4 is 28.5 Å². The molecule has 1 saturated heterocycles. The summed E-state index contributed by atoms with van der Waals surface area (Å²) in [5.74, 6) is 0.709. The lowest BCUT2D eigenvalue weighted by atomic mass is 10.1. The van der Waals surface area contributed by atoms with Gasteiger partial charge in [0.05, 0.1) is 17.1 Å². The van der Waals surface area contributed by atoms with E-state index in [-0.39, 0.29) is 17.9 Å². The van der Waals surface area contributed by atoms with Crippen LogP contribution in [0.25, 0.3) is 11.0 Å². The zero-order chi connectivity index (χ0) is 20.9. The smallest absolute Gasteiger partial charge is 0.251 e. The van der Waals surface area contributed by atoms with Gasteiger partial charge >= 0.3 is 0 Å². The molecule has 30 heavy (non-hydrogen) atoms. The van der Waals surface area contributed by atoms with Crippen LogP contribution in [0.3, 0.4) is 0 Å². The van der Waals surface area contributed by atoms with Crippen LogP contribution in [-0.4, -0.2) is 41.0 Å². The van der Waals surface area contributed by atoms with E-state index in [9.17, 15) is 9.59 Å². The number of amides is 2. The van der Waals surface area contributed by atoms with Crippen LogP contribution in [0.4, 0.5) is 5.69 Å². The Morgan fingerprint density at radius 2 is 2.00 bits per heavy atom. The highest BCUT2D eigenvalue weighted by Crippen LogP contribution is 2.17. The van der Waals surface area contributed by atoms with Gasteiger partial charge in [-0.3, -0.25) is 9.59 Å². The molecule has 3 N–H and O–H groups in total. The van der Waals surface area contributed by atoms with Gasteiger partial charge in [0.15, 0.2) is 0 Å². The molecule has 1 fully saturated rings. The quantitative estimate of drug-likeness (QED) is 0.561. The Balaban J connectivity index is 1.36. The van der Waals surface area contributed by atoms with Crippen LogP contribution >= 0.6 is 0 Å². The summed E-state index contributed by atoms with van der Waals surface area (Å²) < 4.78 is 5.55. The molecule has 0 saturated carbocycles. The van der Waals surface area contributed by atoms with Gasteiger partial charge in [0.1, 0.15) is 5.82 Å². The second kappa shape index (κ2) is 9.09. The number of anilines is 1. The van der Waals surface area contributed by atoms with Crippen LogP contribution in [0.15, 0.2) is 42.5 Å². The van der Waals surface area contributed by atoms with E-state index < -0.39 is 0 Å². The molecular formula is C23H26N4O3. The molecule has 1 aliphatic heterocycles. The molecule has 0 radical (unpaired) electrons. The van der Waals surface area contributed by atoms with E-state index in [1.807, 2.05) is 36.4 Å². The number of nitrogens with zero attached hydrogens (tertiary/aromatic N) is 1. The topological polar surface area (TPSA) is 96.1 Å². The Hall–Kier alpha value is -3.19. The molecule has 156 valence electrons. The first kappa shape index (κ1) is 20.1. The van der Waals surface area contributed by atoms with Crippen molar-refractivity contribution in [2.75, 3.05) is 18.5 Å². The minimum absolute atomic E-state index is 0.0788. The van der Waals surface area contributed by atoms with Crippen molar-refractivity contribution in [2.24, 2.45) is 0 Å². The second-order valence-corrected chi connectivity index (χ2v) is 7.64. The predicted molar refractivity (Wildman–Crippen MR) is 116 cm³/mol. The summed E-state index contributed by atoms with van der Waals surface area (Å²) in [4.78, 5) is 31.5. The highest BCUT2D eigenvalue weighted by Gasteiger charge is 2.17. The summed E-state index contributed by atoms with van der Waals surface area (Å²) in [6.07, 6.45) is 3.77. The summed E-state index contributed by atoms with van der Waals surface area (Å²) in [6.45, 7) is 2.82. The van der Waals surface area contributed by atoms with Crippen LogP contribution in [0, 0.1) is 0 Å². The van der Waals surface area contributed by atoms with Gasteiger partial charge in [0, 0.05) is 37.7 Å². The van der Waals surface area contributed by atoms with Gasteiger partial charge in [-0.1, -0.05) is 12.1 Å². The van der Waals surface area contributed by atoms with Crippen LogP contribution in [-0.2, 0) is 22.4 Å². The Labute approximate surface area is 175 Å². The number of benzene rings is 2. The number of fused-ring (bicyclic) bond motifs is 1. The van der Waals surface area contributed by atoms with Crippen LogP contribution in [0.1, 0.15) is 41.5 Å². The number of imidazole rings is 1. The number of aryl methyl sites for hydroxylation is 2. The Kier molecular flexibility index (Phi) is 6.09. The van der Waals surface area contributed by atoms with Crippen molar-refractivity contribution in [1.29, 1.82) is 0 Å². The van der Waals surface area contributed by atoms with E-state index in [0.29, 0.717) is 12.1 Å². The average Bonchev–Trinajstić information content (AvgIpc) is 3.40. The van der Waals surface area contributed by atoms with Crippen LogP contribution in [0.5, 0.6) is 0 Å². The molecule has 1 aliphatic rings. The predicted octanol–water partition coefficient (Wildman–Crippen LogP) is 3.22. The molecule has 0 bridgehead atoms.